The van der Waals surface area contributed by atoms with E-state index in [1.165, 1.54) is 65.1 Å². The maximum absolute atomic E-state index is 3.38. The van der Waals surface area contributed by atoms with Gasteiger partial charge in [0.1, 0.15) is 0 Å². The zero-order chi connectivity index (χ0) is 10.1. The van der Waals surface area contributed by atoms with E-state index >= 15 is 0 Å². The van der Waals surface area contributed by atoms with Gasteiger partial charge in [0.15, 0.2) is 0 Å². The molecule has 0 aliphatic carbocycles. The van der Waals surface area contributed by atoms with Gasteiger partial charge in [0, 0.05) is 32.2 Å². The lowest BCUT2D eigenvalue weighted by Gasteiger charge is -2.33. The van der Waals surface area contributed by atoms with E-state index in [4.69, 9.17) is 0 Å². The lowest BCUT2D eigenvalue weighted by molar-refractivity contribution is 0.174. The minimum absolute atomic E-state index is 0.889. The van der Waals surface area contributed by atoms with Gasteiger partial charge in [-0.1, -0.05) is 0 Å². The summed E-state index contributed by atoms with van der Waals surface area (Å²) in [4.78, 5) is 5.44. The minimum Gasteiger partial charge on any atom is -0.316 e. The normalized spacial score (nSPS) is 34.8. The second-order valence-electron chi connectivity index (χ2n) is 5.47. The van der Waals surface area contributed by atoms with Crippen molar-refractivity contribution >= 4 is 0 Å². The molecule has 3 aliphatic rings. The molecule has 3 heterocycles. The first kappa shape index (κ1) is 10.1. The van der Waals surface area contributed by atoms with Crippen molar-refractivity contribution < 1.29 is 0 Å². The van der Waals surface area contributed by atoms with Crippen molar-refractivity contribution in [2.24, 2.45) is 5.92 Å². The van der Waals surface area contributed by atoms with E-state index in [1.807, 2.05) is 0 Å². The molecule has 3 rings (SSSR count). The molecule has 1 unspecified atom stereocenters. The van der Waals surface area contributed by atoms with Crippen LogP contribution in [0.4, 0.5) is 0 Å². The van der Waals surface area contributed by atoms with Crippen molar-refractivity contribution in [1.29, 1.82) is 0 Å². The largest absolute Gasteiger partial charge is 0.316 e. The van der Waals surface area contributed by atoms with Crippen LogP contribution in [0.25, 0.3) is 0 Å². The standard InChI is InChI=1S/C12H23N3/c1-3-12-10-14(9-11-7-13-8-11)4-2-6-15(12)5-1/h11-13H,1-10H2. The Morgan fingerprint density at radius 1 is 1.07 bits per heavy atom. The molecule has 0 amide bonds. The van der Waals surface area contributed by atoms with Crippen LogP contribution in [0.3, 0.4) is 0 Å². The van der Waals surface area contributed by atoms with E-state index in [0.717, 1.165) is 12.0 Å². The van der Waals surface area contributed by atoms with Crippen molar-refractivity contribution in [2.45, 2.75) is 25.3 Å². The summed E-state index contributed by atoms with van der Waals surface area (Å²) < 4.78 is 0. The third kappa shape index (κ3) is 2.19. The van der Waals surface area contributed by atoms with Crippen LogP contribution >= 0.6 is 0 Å². The predicted molar refractivity (Wildman–Crippen MR) is 62.0 cm³/mol. The van der Waals surface area contributed by atoms with Crippen LogP contribution in [0.1, 0.15) is 19.3 Å². The molecule has 0 saturated carbocycles. The number of rotatable bonds is 2. The summed E-state index contributed by atoms with van der Waals surface area (Å²) in [6.07, 6.45) is 4.26. The highest BCUT2D eigenvalue weighted by atomic mass is 15.3. The number of hydrogen-bond acceptors (Lipinski definition) is 3. The Bertz CT molecular complexity index is 215. The molecule has 15 heavy (non-hydrogen) atoms. The Balaban J connectivity index is 1.54. The van der Waals surface area contributed by atoms with E-state index in [1.54, 1.807) is 0 Å². The van der Waals surface area contributed by atoms with E-state index in [-0.39, 0.29) is 0 Å². The zero-order valence-corrected chi connectivity index (χ0v) is 9.62. The first-order chi connectivity index (χ1) is 7.42. The Morgan fingerprint density at radius 2 is 1.93 bits per heavy atom. The molecule has 86 valence electrons. The van der Waals surface area contributed by atoms with Gasteiger partial charge in [0.25, 0.3) is 0 Å². The Hall–Kier alpha value is -0.120. The average Bonchev–Trinajstić information content (AvgIpc) is 2.51. The first-order valence-electron chi connectivity index (χ1n) is 6.59. The van der Waals surface area contributed by atoms with Crippen LogP contribution in [0, 0.1) is 5.92 Å². The number of hydrogen-bond donors (Lipinski definition) is 1. The van der Waals surface area contributed by atoms with Crippen LogP contribution in [0.5, 0.6) is 0 Å². The van der Waals surface area contributed by atoms with Crippen molar-refractivity contribution in [2.75, 3.05) is 45.8 Å². The minimum atomic E-state index is 0.889. The highest BCUT2D eigenvalue weighted by Gasteiger charge is 2.30. The quantitative estimate of drug-likeness (QED) is 0.709. The predicted octanol–water partition coefficient (Wildman–Crippen LogP) is 0.376. The fourth-order valence-electron chi connectivity index (χ4n) is 3.29. The van der Waals surface area contributed by atoms with E-state index < -0.39 is 0 Å². The lowest BCUT2D eigenvalue weighted by Crippen LogP contribution is -2.49. The second kappa shape index (κ2) is 4.40. The molecule has 3 heteroatoms. The van der Waals surface area contributed by atoms with Gasteiger partial charge >= 0.3 is 0 Å². The fourth-order valence-corrected chi connectivity index (χ4v) is 3.29. The summed E-state index contributed by atoms with van der Waals surface area (Å²) in [5.41, 5.74) is 0. The van der Waals surface area contributed by atoms with Gasteiger partial charge in [-0.3, -0.25) is 4.90 Å². The van der Waals surface area contributed by atoms with Crippen LogP contribution in [0.2, 0.25) is 0 Å². The molecule has 3 nitrogen and oxygen atoms in total. The monoisotopic (exact) mass is 209 g/mol. The Labute approximate surface area is 92.8 Å². The molecule has 0 spiro atoms. The second-order valence-corrected chi connectivity index (χ2v) is 5.47. The van der Waals surface area contributed by atoms with Crippen molar-refractivity contribution in [3.05, 3.63) is 0 Å². The summed E-state index contributed by atoms with van der Waals surface area (Å²) >= 11 is 0. The van der Waals surface area contributed by atoms with Crippen LogP contribution in [-0.2, 0) is 0 Å². The zero-order valence-electron chi connectivity index (χ0n) is 9.62. The highest BCUT2D eigenvalue weighted by molar-refractivity contribution is 4.87. The Morgan fingerprint density at radius 3 is 2.73 bits per heavy atom. The molecule has 3 fully saturated rings. The van der Waals surface area contributed by atoms with Gasteiger partial charge in [-0.15, -0.1) is 0 Å². The van der Waals surface area contributed by atoms with Crippen molar-refractivity contribution in [3.63, 3.8) is 0 Å². The Kier molecular flexibility index (Phi) is 2.95. The van der Waals surface area contributed by atoms with E-state index in [0.29, 0.717) is 0 Å². The van der Waals surface area contributed by atoms with Crippen LogP contribution in [-0.4, -0.2) is 61.7 Å². The molecule has 0 aromatic heterocycles. The molecule has 0 bridgehead atoms. The van der Waals surface area contributed by atoms with Gasteiger partial charge in [0.2, 0.25) is 0 Å². The smallest absolute Gasteiger partial charge is 0.0223 e. The van der Waals surface area contributed by atoms with Crippen LogP contribution < -0.4 is 5.32 Å². The SMILES string of the molecule is C1CC2CN(CC3CNC3)CCCN2C1. The summed E-state index contributed by atoms with van der Waals surface area (Å²) in [5, 5.41) is 3.38. The van der Waals surface area contributed by atoms with Gasteiger partial charge < -0.3 is 10.2 Å². The first-order valence-corrected chi connectivity index (χ1v) is 6.59. The molecular formula is C12H23N3. The topological polar surface area (TPSA) is 18.5 Å². The number of nitrogens with one attached hydrogen (secondary N) is 1. The molecule has 0 radical (unpaired) electrons. The van der Waals surface area contributed by atoms with Gasteiger partial charge in [-0.2, -0.15) is 0 Å². The lowest BCUT2D eigenvalue weighted by atomic mass is 10.0. The van der Waals surface area contributed by atoms with Gasteiger partial charge in [0.05, 0.1) is 0 Å². The summed E-state index contributed by atoms with van der Waals surface area (Å²) in [6.45, 7) is 9.25. The maximum atomic E-state index is 3.38. The highest BCUT2D eigenvalue weighted by Crippen LogP contribution is 2.22. The summed E-state index contributed by atoms with van der Waals surface area (Å²) in [5.74, 6) is 0.943. The average molecular weight is 209 g/mol. The summed E-state index contributed by atoms with van der Waals surface area (Å²) in [6, 6.07) is 0.889. The van der Waals surface area contributed by atoms with Crippen molar-refractivity contribution in [3.8, 4) is 0 Å². The van der Waals surface area contributed by atoms with Crippen molar-refractivity contribution in [1.82, 2.24) is 15.1 Å². The third-order valence-electron chi connectivity index (χ3n) is 4.27. The molecule has 0 aromatic rings. The summed E-state index contributed by atoms with van der Waals surface area (Å²) in [7, 11) is 0. The van der Waals surface area contributed by atoms with E-state index in [2.05, 4.69) is 15.1 Å². The van der Waals surface area contributed by atoms with Gasteiger partial charge in [-0.25, -0.2) is 0 Å². The molecule has 0 aromatic carbocycles. The maximum Gasteiger partial charge on any atom is 0.0223 e. The van der Waals surface area contributed by atoms with Crippen LogP contribution in [0.15, 0.2) is 0 Å². The van der Waals surface area contributed by atoms with E-state index in [9.17, 15) is 0 Å². The number of nitrogens with zero attached hydrogens (tertiary/aromatic N) is 2. The molecule has 1 atom stereocenters. The fraction of sp³-hybridized carbons (Fsp3) is 1.00. The third-order valence-corrected chi connectivity index (χ3v) is 4.27. The molecule has 1 N–H and O–H groups in total. The molecule has 3 saturated heterocycles. The van der Waals surface area contributed by atoms with Gasteiger partial charge in [-0.05, 0) is 44.8 Å². The number of fused-ring (bicyclic) bond motifs is 1. The molecule has 3 aliphatic heterocycles. The molecular weight excluding hydrogens is 186 g/mol.